The van der Waals surface area contributed by atoms with Gasteiger partial charge in [0.15, 0.2) is 0 Å². The second-order valence-electron chi connectivity index (χ2n) is 4.93. The molecule has 0 saturated heterocycles. The van der Waals surface area contributed by atoms with Gasteiger partial charge in [-0.2, -0.15) is 0 Å². The number of anilines is 1. The van der Waals surface area contributed by atoms with Crippen LogP contribution in [0.3, 0.4) is 0 Å². The number of carboxylic acid groups (broad SMARTS) is 1. The largest absolute Gasteiger partial charge is 0.478 e. The van der Waals surface area contributed by atoms with Gasteiger partial charge in [0.1, 0.15) is 0 Å². The molecule has 0 radical (unpaired) electrons. The van der Waals surface area contributed by atoms with E-state index in [1.54, 1.807) is 0 Å². The van der Waals surface area contributed by atoms with Crippen LogP contribution in [0.25, 0.3) is 6.08 Å². The molecule has 0 bridgehead atoms. The minimum atomic E-state index is -0.992. The van der Waals surface area contributed by atoms with Gasteiger partial charge >= 0.3 is 5.97 Å². The van der Waals surface area contributed by atoms with Crippen molar-refractivity contribution in [1.82, 2.24) is 5.32 Å². The number of nitrogens with zero attached hydrogens (tertiary/aromatic N) is 1. The van der Waals surface area contributed by atoms with Gasteiger partial charge in [-0.1, -0.05) is 18.2 Å². The predicted octanol–water partition coefficient (Wildman–Crippen LogP) is 1.50. The van der Waals surface area contributed by atoms with Crippen LogP contribution in [-0.2, 0) is 9.59 Å². The molecule has 1 aliphatic carbocycles. The van der Waals surface area contributed by atoms with Gasteiger partial charge in [0.25, 0.3) is 0 Å². The Morgan fingerprint density at radius 1 is 1.40 bits per heavy atom. The van der Waals surface area contributed by atoms with E-state index in [9.17, 15) is 9.59 Å². The van der Waals surface area contributed by atoms with Gasteiger partial charge in [-0.15, -0.1) is 0 Å². The molecule has 2 N–H and O–H groups in total. The summed E-state index contributed by atoms with van der Waals surface area (Å²) in [5.74, 6) is -0.999. The van der Waals surface area contributed by atoms with E-state index in [1.165, 1.54) is 6.08 Å². The molecule has 1 fully saturated rings. The molecule has 0 aliphatic heterocycles. The van der Waals surface area contributed by atoms with Crippen molar-refractivity contribution < 1.29 is 14.7 Å². The van der Waals surface area contributed by atoms with Crippen molar-refractivity contribution in [3.05, 3.63) is 35.9 Å². The van der Waals surface area contributed by atoms with Gasteiger partial charge < -0.3 is 15.3 Å². The highest BCUT2D eigenvalue weighted by molar-refractivity contribution is 5.88. The Morgan fingerprint density at radius 2 is 2.10 bits per heavy atom. The predicted molar refractivity (Wildman–Crippen MR) is 77.5 cm³/mol. The van der Waals surface area contributed by atoms with Gasteiger partial charge in [0.05, 0.1) is 6.54 Å². The number of carboxylic acids is 1. The first kappa shape index (κ1) is 14.1. The summed E-state index contributed by atoms with van der Waals surface area (Å²) in [6.45, 7) is 0.258. The quantitative estimate of drug-likeness (QED) is 0.771. The lowest BCUT2D eigenvalue weighted by Crippen LogP contribution is -2.36. The molecule has 5 heteroatoms. The Labute approximate surface area is 117 Å². The maximum Gasteiger partial charge on any atom is 0.328 e. The molecular weight excluding hydrogens is 256 g/mol. The molecular formula is C15H18N2O3. The summed E-state index contributed by atoms with van der Waals surface area (Å²) in [4.78, 5) is 24.2. The molecule has 0 aromatic heterocycles. The third-order valence-electron chi connectivity index (χ3n) is 3.08. The number of benzene rings is 1. The standard InChI is InChI=1S/C15H18N2O3/c1-17(10-14(18)16-12-7-8-12)13-5-3-2-4-11(13)6-9-15(19)20/h2-6,9,12H,7-8,10H2,1H3,(H,16,18)(H,19,20). The van der Waals surface area contributed by atoms with Crippen LogP contribution in [0.2, 0.25) is 0 Å². The lowest BCUT2D eigenvalue weighted by atomic mass is 10.1. The second kappa shape index (κ2) is 6.23. The minimum Gasteiger partial charge on any atom is -0.478 e. The smallest absolute Gasteiger partial charge is 0.328 e. The topological polar surface area (TPSA) is 69.6 Å². The Morgan fingerprint density at radius 3 is 2.75 bits per heavy atom. The molecule has 1 amide bonds. The SMILES string of the molecule is CN(CC(=O)NC1CC1)c1ccccc1C=CC(=O)O. The van der Waals surface area contributed by atoms with Crippen LogP contribution in [0, 0.1) is 0 Å². The van der Waals surface area contributed by atoms with Crippen molar-refractivity contribution in [3.8, 4) is 0 Å². The molecule has 0 unspecified atom stereocenters. The number of carbonyl (C=O) groups is 2. The van der Waals surface area contributed by atoms with Crippen LogP contribution in [0.4, 0.5) is 5.69 Å². The first-order chi connectivity index (χ1) is 9.56. The molecule has 20 heavy (non-hydrogen) atoms. The zero-order valence-electron chi connectivity index (χ0n) is 11.4. The van der Waals surface area contributed by atoms with Gasteiger partial charge in [-0.3, -0.25) is 4.79 Å². The first-order valence-electron chi connectivity index (χ1n) is 6.57. The van der Waals surface area contributed by atoms with Crippen LogP contribution in [0.15, 0.2) is 30.3 Å². The third kappa shape index (κ3) is 4.12. The van der Waals surface area contributed by atoms with E-state index >= 15 is 0 Å². The Kier molecular flexibility index (Phi) is 4.40. The normalized spacial score (nSPS) is 14.2. The molecule has 1 saturated carbocycles. The number of rotatable bonds is 6. The van der Waals surface area contributed by atoms with Crippen molar-refractivity contribution in [3.63, 3.8) is 0 Å². The molecule has 1 aromatic carbocycles. The molecule has 2 rings (SSSR count). The van der Waals surface area contributed by atoms with E-state index in [-0.39, 0.29) is 12.5 Å². The molecule has 0 heterocycles. The van der Waals surface area contributed by atoms with Crippen LogP contribution in [-0.4, -0.2) is 36.6 Å². The van der Waals surface area contributed by atoms with Gasteiger partial charge in [-0.05, 0) is 30.5 Å². The molecule has 1 aliphatic rings. The lowest BCUT2D eigenvalue weighted by Gasteiger charge is -2.20. The maximum atomic E-state index is 11.8. The lowest BCUT2D eigenvalue weighted by molar-refractivity contribution is -0.131. The second-order valence-corrected chi connectivity index (χ2v) is 4.93. The zero-order valence-corrected chi connectivity index (χ0v) is 11.4. The monoisotopic (exact) mass is 274 g/mol. The van der Waals surface area contributed by atoms with E-state index in [4.69, 9.17) is 5.11 Å². The van der Waals surface area contributed by atoms with Crippen molar-refractivity contribution in [2.75, 3.05) is 18.5 Å². The number of hydrogen-bond donors (Lipinski definition) is 2. The van der Waals surface area contributed by atoms with Crippen LogP contribution in [0.5, 0.6) is 0 Å². The third-order valence-corrected chi connectivity index (χ3v) is 3.08. The number of likely N-dealkylation sites (N-methyl/N-ethyl adjacent to an activating group) is 1. The molecule has 0 spiro atoms. The Bertz CT molecular complexity index is 536. The summed E-state index contributed by atoms with van der Waals surface area (Å²) in [6, 6.07) is 7.74. The summed E-state index contributed by atoms with van der Waals surface area (Å²) in [7, 11) is 1.82. The van der Waals surface area contributed by atoms with Crippen LogP contribution in [0.1, 0.15) is 18.4 Å². The molecule has 106 valence electrons. The van der Waals surface area contributed by atoms with E-state index in [1.807, 2.05) is 36.2 Å². The van der Waals surface area contributed by atoms with E-state index < -0.39 is 5.97 Å². The van der Waals surface area contributed by atoms with Crippen molar-refractivity contribution in [2.45, 2.75) is 18.9 Å². The minimum absolute atomic E-state index is 0.00739. The van der Waals surface area contributed by atoms with E-state index in [2.05, 4.69) is 5.32 Å². The number of aliphatic carboxylic acids is 1. The van der Waals surface area contributed by atoms with Crippen molar-refractivity contribution in [2.24, 2.45) is 0 Å². The summed E-state index contributed by atoms with van der Waals surface area (Å²) >= 11 is 0. The van der Waals surface area contributed by atoms with Crippen LogP contribution >= 0.6 is 0 Å². The van der Waals surface area contributed by atoms with E-state index in [0.29, 0.717) is 6.04 Å². The van der Waals surface area contributed by atoms with Crippen molar-refractivity contribution >= 4 is 23.6 Å². The summed E-state index contributed by atoms with van der Waals surface area (Å²) in [5, 5.41) is 11.6. The van der Waals surface area contributed by atoms with Gasteiger partial charge in [0, 0.05) is 24.9 Å². The highest BCUT2D eigenvalue weighted by Crippen LogP contribution is 2.21. The number of para-hydroxylation sites is 1. The highest BCUT2D eigenvalue weighted by Gasteiger charge is 2.23. The molecule has 5 nitrogen and oxygen atoms in total. The average molecular weight is 274 g/mol. The fourth-order valence-electron chi connectivity index (χ4n) is 1.94. The summed E-state index contributed by atoms with van der Waals surface area (Å²) in [5.41, 5.74) is 1.60. The highest BCUT2D eigenvalue weighted by atomic mass is 16.4. The fraction of sp³-hybridized carbons (Fsp3) is 0.333. The van der Waals surface area contributed by atoms with Gasteiger partial charge in [-0.25, -0.2) is 4.79 Å². The Hall–Kier alpha value is -2.30. The summed E-state index contributed by atoms with van der Waals surface area (Å²) < 4.78 is 0. The van der Waals surface area contributed by atoms with Crippen molar-refractivity contribution in [1.29, 1.82) is 0 Å². The number of amides is 1. The number of carbonyl (C=O) groups excluding carboxylic acids is 1. The number of hydrogen-bond acceptors (Lipinski definition) is 3. The number of nitrogens with one attached hydrogen (secondary N) is 1. The van der Waals surface area contributed by atoms with E-state index in [0.717, 1.165) is 30.2 Å². The fourth-order valence-corrected chi connectivity index (χ4v) is 1.94. The van der Waals surface area contributed by atoms with Crippen LogP contribution < -0.4 is 10.2 Å². The maximum absolute atomic E-state index is 11.8. The molecule has 0 atom stereocenters. The summed E-state index contributed by atoms with van der Waals surface area (Å²) in [6.07, 6.45) is 4.75. The average Bonchev–Trinajstić information content (AvgIpc) is 3.20. The van der Waals surface area contributed by atoms with Gasteiger partial charge in [0.2, 0.25) is 5.91 Å². The zero-order chi connectivity index (χ0) is 14.5. The Balaban J connectivity index is 2.05. The molecule has 1 aromatic rings. The first-order valence-corrected chi connectivity index (χ1v) is 6.57.